The van der Waals surface area contributed by atoms with Crippen LogP contribution in [0.5, 0.6) is 11.5 Å². The van der Waals surface area contributed by atoms with E-state index in [1.807, 2.05) is 6.07 Å². The third-order valence-electron chi connectivity index (χ3n) is 3.21. The molecule has 126 valence electrons. The van der Waals surface area contributed by atoms with E-state index >= 15 is 0 Å². The van der Waals surface area contributed by atoms with Crippen molar-refractivity contribution in [3.63, 3.8) is 0 Å². The second kappa shape index (κ2) is 7.08. The number of halogens is 3. The van der Waals surface area contributed by atoms with Crippen molar-refractivity contribution in [2.45, 2.75) is 12.7 Å². The van der Waals surface area contributed by atoms with E-state index < -0.39 is 11.9 Å². The van der Waals surface area contributed by atoms with Gasteiger partial charge in [-0.15, -0.1) is 0 Å². The average Bonchev–Trinajstić information content (AvgIpc) is 2.58. The third-order valence-corrected chi connectivity index (χ3v) is 3.21. The molecule has 0 unspecified atom stereocenters. The van der Waals surface area contributed by atoms with Gasteiger partial charge in [0, 0.05) is 6.54 Å². The number of rotatable bonds is 5. The Labute approximate surface area is 136 Å². The van der Waals surface area contributed by atoms with E-state index in [2.05, 4.69) is 10.3 Å². The number of hydrogen-bond acceptors (Lipinski definition) is 5. The van der Waals surface area contributed by atoms with E-state index in [1.165, 1.54) is 14.2 Å². The van der Waals surface area contributed by atoms with Gasteiger partial charge in [-0.25, -0.2) is 4.98 Å². The molecule has 1 N–H and O–H groups in total. The van der Waals surface area contributed by atoms with Crippen LogP contribution < -0.4 is 14.8 Å². The van der Waals surface area contributed by atoms with E-state index in [0.29, 0.717) is 11.5 Å². The molecule has 0 saturated carbocycles. The highest BCUT2D eigenvalue weighted by Gasteiger charge is 2.33. The number of benzene rings is 1. The SMILES string of the molecule is COc1ccc(CNc2nc(C(F)(F)F)ccc2C#N)cc1OC. The van der Waals surface area contributed by atoms with Crippen LogP contribution in [-0.4, -0.2) is 19.2 Å². The fraction of sp³-hybridized carbons (Fsp3) is 0.250. The summed E-state index contributed by atoms with van der Waals surface area (Å²) in [6.07, 6.45) is -4.58. The van der Waals surface area contributed by atoms with E-state index in [0.717, 1.165) is 17.7 Å². The Morgan fingerprint density at radius 1 is 1.12 bits per heavy atom. The van der Waals surface area contributed by atoms with Crippen molar-refractivity contribution in [2.24, 2.45) is 0 Å². The minimum atomic E-state index is -4.58. The summed E-state index contributed by atoms with van der Waals surface area (Å²) in [5, 5.41) is 11.8. The Hall–Kier alpha value is -2.95. The van der Waals surface area contributed by atoms with Gasteiger partial charge >= 0.3 is 6.18 Å². The van der Waals surface area contributed by atoms with Crippen LogP contribution in [-0.2, 0) is 12.7 Å². The number of aromatic nitrogens is 1. The smallest absolute Gasteiger partial charge is 0.433 e. The number of alkyl halides is 3. The van der Waals surface area contributed by atoms with Gasteiger partial charge in [0.25, 0.3) is 0 Å². The molecule has 0 spiro atoms. The standard InChI is InChI=1S/C16H14F3N3O2/c1-23-12-5-3-10(7-13(12)24-2)9-21-15-11(8-20)4-6-14(22-15)16(17,18)19/h3-7H,9H2,1-2H3,(H,21,22). The highest BCUT2D eigenvalue weighted by molar-refractivity contribution is 5.53. The van der Waals surface area contributed by atoms with Crippen LogP contribution in [0.2, 0.25) is 0 Å². The van der Waals surface area contributed by atoms with Crippen molar-refractivity contribution in [3.8, 4) is 17.6 Å². The first-order chi connectivity index (χ1) is 11.4. The number of ether oxygens (including phenoxy) is 2. The highest BCUT2D eigenvalue weighted by Crippen LogP contribution is 2.30. The fourth-order valence-electron chi connectivity index (χ4n) is 2.02. The minimum Gasteiger partial charge on any atom is -0.493 e. The molecule has 2 rings (SSSR count). The maximum atomic E-state index is 12.7. The molecule has 0 atom stereocenters. The zero-order chi connectivity index (χ0) is 17.7. The molecular formula is C16H14F3N3O2. The quantitative estimate of drug-likeness (QED) is 0.903. The lowest BCUT2D eigenvalue weighted by molar-refractivity contribution is -0.141. The Bertz CT molecular complexity index is 770. The van der Waals surface area contributed by atoms with Crippen LogP contribution in [0.15, 0.2) is 30.3 Å². The molecule has 5 nitrogen and oxygen atoms in total. The van der Waals surface area contributed by atoms with Crippen LogP contribution in [0.1, 0.15) is 16.8 Å². The van der Waals surface area contributed by atoms with Crippen molar-refractivity contribution in [1.29, 1.82) is 5.26 Å². The van der Waals surface area contributed by atoms with Crippen LogP contribution in [0.25, 0.3) is 0 Å². The monoisotopic (exact) mass is 337 g/mol. The van der Waals surface area contributed by atoms with Crippen LogP contribution in [0.4, 0.5) is 19.0 Å². The van der Waals surface area contributed by atoms with Crippen molar-refractivity contribution in [2.75, 3.05) is 19.5 Å². The van der Waals surface area contributed by atoms with E-state index in [1.54, 1.807) is 18.2 Å². The molecule has 0 aliphatic carbocycles. The van der Waals surface area contributed by atoms with Crippen molar-refractivity contribution in [1.82, 2.24) is 4.98 Å². The lowest BCUT2D eigenvalue weighted by atomic mass is 10.2. The highest BCUT2D eigenvalue weighted by atomic mass is 19.4. The fourth-order valence-corrected chi connectivity index (χ4v) is 2.02. The van der Waals surface area contributed by atoms with Gasteiger partial charge in [0.15, 0.2) is 11.5 Å². The van der Waals surface area contributed by atoms with Gasteiger partial charge in [0.05, 0.1) is 19.8 Å². The molecule has 1 heterocycles. The topological polar surface area (TPSA) is 67.2 Å². The largest absolute Gasteiger partial charge is 0.493 e. The van der Waals surface area contributed by atoms with E-state index in [4.69, 9.17) is 14.7 Å². The normalized spacial score (nSPS) is 10.8. The first-order valence-corrected chi connectivity index (χ1v) is 6.82. The molecule has 0 radical (unpaired) electrons. The van der Waals surface area contributed by atoms with Gasteiger partial charge < -0.3 is 14.8 Å². The number of anilines is 1. The molecule has 0 aliphatic rings. The second-order valence-electron chi connectivity index (χ2n) is 4.75. The summed E-state index contributed by atoms with van der Waals surface area (Å²) in [6, 6.07) is 8.78. The molecule has 0 aliphatic heterocycles. The zero-order valence-corrected chi connectivity index (χ0v) is 12.9. The Morgan fingerprint density at radius 2 is 1.83 bits per heavy atom. The number of nitrogens with one attached hydrogen (secondary N) is 1. The molecule has 8 heteroatoms. The lowest BCUT2D eigenvalue weighted by Crippen LogP contribution is -2.11. The summed E-state index contributed by atoms with van der Waals surface area (Å²) >= 11 is 0. The molecular weight excluding hydrogens is 323 g/mol. The van der Waals surface area contributed by atoms with Gasteiger partial charge in [-0.2, -0.15) is 18.4 Å². The lowest BCUT2D eigenvalue weighted by Gasteiger charge is -2.13. The maximum Gasteiger partial charge on any atom is 0.433 e. The van der Waals surface area contributed by atoms with Crippen molar-refractivity contribution in [3.05, 3.63) is 47.2 Å². The molecule has 0 bridgehead atoms. The molecule has 1 aromatic heterocycles. The first-order valence-electron chi connectivity index (χ1n) is 6.82. The summed E-state index contributed by atoms with van der Waals surface area (Å²) in [5.41, 5.74) is -0.296. The Balaban J connectivity index is 2.24. The van der Waals surface area contributed by atoms with Crippen molar-refractivity contribution < 1.29 is 22.6 Å². The van der Waals surface area contributed by atoms with Crippen LogP contribution >= 0.6 is 0 Å². The summed E-state index contributed by atoms with van der Waals surface area (Å²) in [6.45, 7) is 0.170. The predicted molar refractivity (Wildman–Crippen MR) is 80.8 cm³/mol. The molecule has 24 heavy (non-hydrogen) atoms. The van der Waals surface area contributed by atoms with Gasteiger partial charge in [-0.05, 0) is 29.8 Å². The van der Waals surface area contributed by atoms with E-state index in [9.17, 15) is 13.2 Å². The maximum absolute atomic E-state index is 12.7. The predicted octanol–water partition coefficient (Wildman–Crippen LogP) is 3.60. The molecule has 0 fully saturated rings. The second-order valence-corrected chi connectivity index (χ2v) is 4.75. The number of nitriles is 1. The number of hydrogen-bond donors (Lipinski definition) is 1. The van der Waals surface area contributed by atoms with Gasteiger partial charge in [-0.1, -0.05) is 6.07 Å². The minimum absolute atomic E-state index is 0.0310. The van der Waals surface area contributed by atoms with Gasteiger partial charge in [-0.3, -0.25) is 0 Å². The van der Waals surface area contributed by atoms with Crippen LogP contribution in [0.3, 0.4) is 0 Å². The third kappa shape index (κ3) is 3.87. The molecule has 1 aromatic carbocycles. The molecule has 0 amide bonds. The summed E-state index contributed by atoms with van der Waals surface area (Å²) < 4.78 is 48.5. The molecule has 2 aromatic rings. The van der Waals surface area contributed by atoms with Crippen molar-refractivity contribution >= 4 is 5.82 Å². The number of nitrogens with zero attached hydrogens (tertiary/aromatic N) is 2. The average molecular weight is 337 g/mol. The summed E-state index contributed by atoms with van der Waals surface area (Å²) in [7, 11) is 2.98. The number of methoxy groups -OCH3 is 2. The summed E-state index contributed by atoms with van der Waals surface area (Å²) in [5.74, 6) is 0.910. The Kier molecular flexibility index (Phi) is 5.14. The first kappa shape index (κ1) is 17.4. The van der Waals surface area contributed by atoms with E-state index in [-0.39, 0.29) is 17.9 Å². The summed E-state index contributed by atoms with van der Waals surface area (Å²) in [4.78, 5) is 3.49. The number of pyridine rings is 1. The van der Waals surface area contributed by atoms with Crippen LogP contribution in [0, 0.1) is 11.3 Å². The molecule has 0 saturated heterocycles. The zero-order valence-electron chi connectivity index (χ0n) is 12.9. The van der Waals surface area contributed by atoms with Gasteiger partial charge in [0.2, 0.25) is 0 Å². The Morgan fingerprint density at radius 3 is 2.42 bits per heavy atom. The van der Waals surface area contributed by atoms with Gasteiger partial charge in [0.1, 0.15) is 17.6 Å².